The van der Waals surface area contributed by atoms with Crippen molar-refractivity contribution in [3.63, 3.8) is 0 Å². The minimum Gasteiger partial charge on any atom is -0.266 e. The zero-order chi connectivity index (χ0) is 13.8. The quantitative estimate of drug-likeness (QED) is 0.684. The van der Waals surface area contributed by atoms with Crippen molar-refractivity contribution in [2.75, 3.05) is 0 Å². The molecule has 4 heteroatoms. The van der Waals surface area contributed by atoms with Gasteiger partial charge in [-0.15, -0.1) is 0 Å². The van der Waals surface area contributed by atoms with E-state index < -0.39 is 0 Å². The number of hydrogen-bond acceptors (Lipinski definition) is 3. The van der Waals surface area contributed by atoms with Gasteiger partial charge in [-0.3, -0.25) is 9.78 Å². The Bertz CT molecular complexity index is 650. The van der Waals surface area contributed by atoms with Gasteiger partial charge in [-0.05, 0) is 54.2 Å². The molecule has 1 amide bonds. The summed E-state index contributed by atoms with van der Waals surface area (Å²) in [5.41, 5.74) is 6.67. The fraction of sp³-hybridized carbons (Fsp3) is 0.188. The van der Waals surface area contributed by atoms with Crippen LogP contribution in [0.4, 0.5) is 0 Å². The third kappa shape index (κ3) is 2.74. The molecule has 100 valence electrons. The summed E-state index contributed by atoms with van der Waals surface area (Å²) in [6.45, 7) is 0. The lowest BCUT2D eigenvalue weighted by atomic mass is 10.1. The van der Waals surface area contributed by atoms with E-state index in [1.165, 1.54) is 24.0 Å². The maximum atomic E-state index is 11.7. The van der Waals surface area contributed by atoms with Crippen LogP contribution < -0.4 is 5.43 Å². The van der Waals surface area contributed by atoms with Gasteiger partial charge < -0.3 is 0 Å². The molecule has 0 unspecified atom stereocenters. The van der Waals surface area contributed by atoms with Gasteiger partial charge in [0.25, 0.3) is 5.91 Å². The van der Waals surface area contributed by atoms with Gasteiger partial charge in [0.15, 0.2) is 0 Å². The number of hydrazone groups is 1. The highest BCUT2D eigenvalue weighted by molar-refractivity contribution is 5.93. The highest BCUT2D eigenvalue weighted by Gasteiger charge is 2.10. The van der Waals surface area contributed by atoms with Crippen LogP contribution in [0, 0.1) is 0 Å². The number of hydrogen-bond donors (Lipinski definition) is 1. The Labute approximate surface area is 117 Å². The molecule has 1 aliphatic rings. The largest absolute Gasteiger partial charge is 0.289 e. The van der Waals surface area contributed by atoms with E-state index in [1.807, 2.05) is 6.07 Å². The molecule has 1 aromatic heterocycles. The third-order valence-corrected chi connectivity index (χ3v) is 3.40. The normalized spacial score (nSPS) is 13.4. The van der Waals surface area contributed by atoms with Crippen LogP contribution in [0.25, 0.3) is 0 Å². The second-order valence-corrected chi connectivity index (χ2v) is 4.80. The van der Waals surface area contributed by atoms with Gasteiger partial charge in [-0.25, -0.2) is 5.43 Å². The van der Waals surface area contributed by atoms with Gasteiger partial charge in [0.2, 0.25) is 0 Å². The topological polar surface area (TPSA) is 54.4 Å². The number of carbonyl (C=O) groups is 1. The van der Waals surface area contributed by atoms with Crippen LogP contribution in [0.15, 0.2) is 47.7 Å². The summed E-state index contributed by atoms with van der Waals surface area (Å²) in [6, 6.07) is 11.5. The van der Waals surface area contributed by atoms with E-state index in [9.17, 15) is 4.79 Å². The molecule has 0 radical (unpaired) electrons. The number of benzene rings is 1. The summed E-state index contributed by atoms with van der Waals surface area (Å²) < 4.78 is 0. The lowest BCUT2D eigenvalue weighted by Gasteiger charge is -2.01. The van der Waals surface area contributed by atoms with E-state index in [-0.39, 0.29) is 5.91 Å². The zero-order valence-electron chi connectivity index (χ0n) is 11.0. The van der Waals surface area contributed by atoms with Gasteiger partial charge >= 0.3 is 0 Å². The lowest BCUT2D eigenvalue weighted by Crippen LogP contribution is -2.18. The molecular weight excluding hydrogens is 250 g/mol. The fourth-order valence-electron chi connectivity index (χ4n) is 2.39. The van der Waals surface area contributed by atoms with Crippen LogP contribution in [-0.2, 0) is 12.8 Å². The predicted molar refractivity (Wildman–Crippen MR) is 77.8 cm³/mol. The number of nitrogens with one attached hydrogen (secondary N) is 1. The van der Waals surface area contributed by atoms with E-state index in [0.717, 1.165) is 12.0 Å². The van der Waals surface area contributed by atoms with Crippen molar-refractivity contribution in [3.05, 3.63) is 65.0 Å². The Morgan fingerprint density at radius 3 is 2.95 bits per heavy atom. The Morgan fingerprint density at radius 1 is 1.20 bits per heavy atom. The standard InChI is InChI=1S/C16H15N3O/c20-16(15-6-1-2-9-17-15)19-18-11-12-7-8-13-4-3-5-14(13)10-12/h1-2,6-11H,3-5H2,(H,19,20)/b18-11-. The maximum absolute atomic E-state index is 11.7. The summed E-state index contributed by atoms with van der Waals surface area (Å²) in [5, 5.41) is 3.98. The molecule has 0 spiro atoms. The molecule has 0 aliphatic heterocycles. The smallest absolute Gasteiger partial charge is 0.266 e. The summed E-state index contributed by atoms with van der Waals surface area (Å²) >= 11 is 0. The van der Waals surface area contributed by atoms with Crippen molar-refractivity contribution in [1.82, 2.24) is 10.4 Å². The number of carbonyl (C=O) groups excluding carboxylic acids is 1. The van der Waals surface area contributed by atoms with Gasteiger partial charge in [-0.2, -0.15) is 5.10 Å². The van der Waals surface area contributed by atoms with Crippen molar-refractivity contribution in [1.29, 1.82) is 0 Å². The van der Waals surface area contributed by atoms with Crippen LogP contribution >= 0.6 is 0 Å². The first kappa shape index (κ1) is 12.5. The van der Waals surface area contributed by atoms with Crippen LogP contribution in [0.2, 0.25) is 0 Å². The fourth-order valence-corrected chi connectivity index (χ4v) is 2.39. The van der Waals surface area contributed by atoms with Gasteiger partial charge in [-0.1, -0.05) is 18.2 Å². The average Bonchev–Trinajstić information content (AvgIpc) is 2.95. The first-order valence-electron chi connectivity index (χ1n) is 6.69. The number of nitrogens with zero attached hydrogens (tertiary/aromatic N) is 2. The van der Waals surface area contributed by atoms with Crippen molar-refractivity contribution in [3.8, 4) is 0 Å². The number of rotatable bonds is 3. The summed E-state index contributed by atoms with van der Waals surface area (Å²) in [4.78, 5) is 15.7. The van der Waals surface area contributed by atoms with Crippen molar-refractivity contribution in [2.45, 2.75) is 19.3 Å². The van der Waals surface area contributed by atoms with E-state index >= 15 is 0 Å². The summed E-state index contributed by atoms with van der Waals surface area (Å²) in [6.07, 6.45) is 6.78. The Hall–Kier alpha value is -2.49. The molecule has 1 aliphatic carbocycles. The van der Waals surface area contributed by atoms with E-state index in [0.29, 0.717) is 5.69 Å². The molecule has 0 saturated heterocycles. The molecule has 3 rings (SSSR count). The summed E-state index contributed by atoms with van der Waals surface area (Å²) in [5.74, 6) is -0.303. The second-order valence-electron chi connectivity index (χ2n) is 4.80. The van der Waals surface area contributed by atoms with Crippen LogP contribution in [-0.4, -0.2) is 17.1 Å². The highest BCUT2D eigenvalue weighted by Crippen LogP contribution is 2.22. The number of aromatic nitrogens is 1. The van der Waals surface area contributed by atoms with Crippen LogP contribution in [0.3, 0.4) is 0 Å². The molecular formula is C16H15N3O. The molecule has 0 bridgehead atoms. The monoisotopic (exact) mass is 265 g/mol. The third-order valence-electron chi connectivity index (χ3n) is 3.40. The van der Waals surface area contributed by atoms with Crippen molar-refractivity contribution < 1.29 is 4.79 Å². The second kappa shape index (κ2) is 5.65. The Balaban J connectivity index is 1.65. The molecule has 4 nitrogen and oxygen atoms in total. The van der Waals surface area contributed by atoms with E-state index in [4.69, 9.17) is 0 Å². The molecule has 0 fully saturated rings. The van der Waals surface area contributed by atoms with Crippen molar-refractivity contribution >= 4 is 12.1 Å². The SMILES string of the molecule is O=C(N/N=C\c1ccc2c(c1)CCC2)c1ccccn1. The van der Waals surface area contributed by atoms with Crippen molar-refractivity contribution in [2.24, 2.45) is 5.10 Å². The molecule has 2 aromatic rings. The molecule has 20 heavy (non-hydrogen) atoms. The Kier molecular flexibility index (Phi) is 3.54. The number of amides is 1. The number of aryl methyl sites for hydroxylation is 2. The van der Waals surface area contributed by atoms with Gasteiger partial charge in [0, 0.05) is 6.20 Å². The van der Waals surface area contributed by atoms with E-state index in [2.05, 4.69) is 27.6 Å². The molecule has 0 atom stereocenters. The average molecular weight is 265 g/mol. The minimum atomic E-state index is -0.303. The first-order valence-corrected chi connectivity index (χ1v) is 6.69. The predicted octanol–water partition coefficient (Wildman–Crippen LogP) is 2.33. The molecule has 1 N–H and O–H groups in total. The minimum absolute atomic E-state index is 0.303. The molecule has 1 heterocycles. The Morgan fingerprint density at radius 2 is 2.10 bits per heavy atom. The van der Waals surface area contributed by atoms with Gasteiger partial charge in [0.05, 0.1) is 6.21 Å². The zero-order valence-corrected chi connectivity index (χ0v) is 11.0. The number of fused-ring (bicyclic) bond motifs is 1. The van der Waals surface area contributed by atoms with E-state index in [1.54, 1.807) is 30.6 Å². The maximum Gasteiger partial charge on any atom is 0.289 e. The first-order chi connectivity index (χ1) is 9.83. The van der Waals surface area contributed by atoms with Crippen LogP contribution in [0.1, 0.15) is 33.6 Å². The number of pyridine rings is 1. The molecule has 0 saturated carbocycles. The molecule has 1 aromatic carbocycles. The highest BCUT2D eigenvalue weighted by atomic mass is 16.2. The van der Waals surface area contributed by atoms with Gasteiger partial charge in [0.1, 0.15) is 5.69 Å². The lowest BCUT2D eigenvalue weighted by molar-refractivity contribution is 0.0950. The summed E-state index contributed by atoms with van der Waals surface area (Å²) in [7, 11) is 0. The van der Waals surface area contributed by atoms with Crippen LogP contribution in [0.5, 0.6) is 0 Å².